The van der Waals surface area contributed by atoms with E-state index in [1.54, 1.807) is 6.20 Å². The number of benzene rings is 2. The van der Waals surface area contributed by atoms with Gasteiger partial charge in [-0.1, -0.05) is 18.2 Å². The maximum Gasteiger partial charge on any atom is 0.261 e. The molecule has 136 valence electrons. The summed E-state index contributed by atoms with van der Waals surface area (Å²) in [5.74, 6) is 1.93. The van der Waals surface area contributed by atoms with Crippen molar-refractivity contribution in [2.45, 2.75) is 0 Å². The van der Waals surface area contributed by atoms with Gasteiger partial charge in [0.05, 0.1) is 9.99 Å². The van der Waals surface area contributed by atoms with E-state index in [4.69, 9.17) is 4.74 Å². The van der Waals surface area contributed by atoms with Crippen molar-refractivity contribution in [2.24, 2.45) is 0 Å². The number of nitrogens with one attached hydrogen (secondary N) is 2. The molecule has 27 heavy (non-hydrogen) atoms. The maximum absolute atomic E-state index is 12.2. The molecule has 0 aliphatic rings. The minimum absolute atomic E-state index is 0. The van der Waals surface area contributed by atoms with Gasteiger partial charge in [0.2, 0.25) is 0 Å². The molecule has 0 fully saturated rings. The second-order valence-electron chi connectivity index (χ2n) is 5.48. The van der Waals surface area contributed by atoms with Crippen LogP contribution in [0.1, 0.15) is 0 Å². The monoisotopic (exact) mass is 444 g/mol. The van der Waals surface area contributed by atoms with Gasteiger partial charge in [0.1, 0.15) is 29.0 Å². The zero-order valence-corrected chi connectivity index (χ0v) is 16.3. The van der Waals surface area contributed by atoms with Crippen LogP contribution in [0.3, 0.4) is 0 Å². The van der Waals surface area contributed by atoms with E-state index in [-0.39, 0.29) is 18.0 Å². The zero-order valence-electron chi connectivity index (χ0n) is 13.8. The third-order valence-corrected chi connectivity index (χ3v) is 4.33. The maximum atomic E-state index is 12.2. The molecule has 0 spiro atoms. The Labute approximate surface area is 169 Å². The van der Waals surface area contributed by atoms with E-state index in [9.17, 15) is 4.79 Å². The molecule has 0 aliphatic carbocycles. The van der Waals surface area contributed by atoms with Crippen LogP contribution in [-0.2, 0) is 0 Å². The average Bonchev–Trinajstić information content (AvgIpc) is 2.67. The Bertz CT molecular complexity index is 1120. The smallest absolute Gasteiger partial charge is 0.261 e. The number of fused-ring (bicyclic) bond motifs is 1. The number of nitrogens with zero attached hydrogens (tertiary/aromatic N) is 2. The molecular formula is C19H14BrClN4O2. The lowest BCUT2D eigenvalue weighted by molar-refractivity contribution is 0.483. The largest absolute Gasteiger partial charge is 0.457 e. The number of pyridine rings is 1. The van der Waals surface area contributed by atoms with Crippen molar-refractivity contribution < 1.29 is 4.74 Å². The molecule has 0 atom stereocenters. The van der Waals surface area contributed by atoms with Gasteiger partial charge in [-0.3, -0.25) is 4.79 Å². The Morgan fingerprint density at radius 2 is 1.67 bits per heavy atom. The number of hydrogen-bond acceptors (Lipinski definition) is 5. The summed E-state index contributed by atoms with van der Waals surface area (Å²) in [5.41, 5.74) is 1.08. The van der Waals surface area contributed by atoms with Crippen molar-refractivity contribution in [3.63, 3.8) is 0 Å². The van der Waals surface area contributed by atoms with E-state index < -0.39 is 0 Å². The van der Waals surface area contributed by atoms with Crippen LogP contribution in [0, 0.1) is 0 Å². The third-order valence-electron chi connectivity index (χ3n) is 3.73. The van der Waals surface area contributed by atoms with Gasteiger partial charge in [0.25, 0.3) is 5.56 Å². The molecular weight excluding hydrogens is 432 g/mol. The van der Waals surface area contributed by atoms with E-state index in [1.165, 1.54) is 6.33 Å². The first kappa shape index (κ1) is 18.9. The molecule has 2 aromatic heterocycles. The van der Waals surface area contributed by atoms with Gasteiger partial charge in [-0.2, -0.15) is 0 Å². The lowest BCUT2D eigenvalue weighted by Crippen LogP contribution is -2.10. The summed E-state index contributed by atoms with van der Waals surface area (Å²) in [6.45, 7) is 0. The van der Waals surface area contributed by atoms with Crippen molar-refractivity contribution in [3.8, 4) is 11.5 Å². The van der Waals surface area contributed by atoms with Crippen LogP contribution in [-0.4, -0.2) is 15.0 Å². The van der Waals surface area contributed by atoms with E-state index in [0.717, 1.165) is 17.2 Å². The van der Waals surface area contributed by atoms with Gasteiger partial charge in [0.15, 0.2) is 0 Å². The lowest BCUT2D eigenvalue weighted by atomic mass is 10.2. The summed E-state index contributed by atoms with van der Waals surface area (Å²) in [5, 5.41) is 3.55. The van der Waals surface area contributed by atoms with Crippen LogP contribution in [0.25, 0.3) is 10.9 Å². The summed E-state index contributed by atoms with van der Waals surface area (Å²) < 4.78 is 6.47. The lowest BCUT2D eigenvalue weighted by Gasteiger charge is -2.10. The molecule has 6 nitrogen and oxygen atoms in total. The number of rotatable bonds is 4. The number of aromatic amines is 1. The second kappa shape index (κ2) is 8.20. The fourth-order valence-electron chi connectivity index (χ4n) is 2.51. The van der Waals surface area contributed by atoms with Crippen LogP contribution in [0.15, 0.2) is 76.4 Å². The number of hydrogen-bond donors (Lipinski definition) is 2. The van der Waals surface area contributed by atoms with E-state index >= 15 is 0 Å². The molecule has 4 rings (SSSR count). The van der Waals surface area contributed by atoms with Crippen LogP contribution in [0.4, 0.5) is 11.5 Å². The van der Waals surface area contributed by atoms with E-state index in [2.05, 4.69) is 36.2 Å². The van der Waals surface area contributed by atoms with Gasteiger partial charge in [-0.05, 0) is 52.3 Å². The van der Waals surface area contributed by atoms with E-state index in [1.807, 2.05) is 54.6 Å². The molecule has 0 amide bonds. The molecule has 0 saturated carbocycles. The molecule has 0 saturated heterocycles. The highest BCUT2D eigenvalue weighted by molar-refractivity contribution is 9.10. The minimum atomic E-state index is -0.254. The number of aromatic nitrogens is 3. The average molecular weight is 446 g/mol. The van der Waals surface area contributed by atoms with Crippen LogP contribution in [0.5, 0.6) is 11.5 Å². The van der Waals surface area contributed by atoms with Crippen molar-refractivity contribution in [1.82, 2.24) is 15.0 Å². The Morgan fingerprint density at radius 3 is 2.41 bits per heavy atom. The number of para-hydroxylation sites is 1. The fraction of sp³-hybridized carbons (Fsp3) is 0. The highest BCUT2D eigenvalue weighted by Crippen LogP contribution is 2.27. The normalized spacial score (nSPS) is 10.3. The topological polar surface area (TPSA) is 79.9 Å². The molecule has 2 aromatic carbocycles. The second-order valence-corrected chi connectivity index (χ2v) is 6.33. The fourth-order valence-corrected chi connectivity index (χ4v) is 2.93. The highest BCUT2D eigenvalue weighted by atomic mass is 79.9. The minimum Gasteiger partial charge on any atom is -0.457 e. The third kappa shape index (κ3) is 4.10. The van der Waals surface area contributed by atoms with Crippen molar-refractivity contribution in [1.29, 1.82) is 0 Å². The summed E-state index contributed by atoms with van der Waals surface area (Å²) in [4.78, 5) is 23.2. The molecule has 2 heterocycles. The molecule has 0 radical (unpaired) electrons. The Hall–Kier alpha value is -2.90. The van der Waals surface area contributed by atoms with Gasteiger partial charge in [0, 0.05) is 11.9 Å². The number of H-pyrrole nitrogens is 1. The van der Waals surface area contributed by atoms with Gasteiger partial charge < -0.3 is 15.0 Å². The van der Waals surface area contributed by atoms with Crippen LogP contribution < -0.4 is 15.6 Å². The first-order valence-electron chi connectivity index (χ1n) is 7.82. The number of ether oxygens (including phenoxy) is 1. The highest BCUT2D eigenvalue weighted by Gasteiger charge is 2.11. The summed E-state index contributed by atoms with van der Waals surface area (Å²) in [6.07, 6.45) is 2.99. The molecule has 0 unspecified atom stereocenters. The molecule has 4 aromatic rings. The first-order chi connectivity index (χ1) is 12.7. The zero-order chi connectivity index (χ0) is 17.9. The van der Waals surface area contributed by atoms with Crippen molar-refractivity contribution >= 4 is 50.7 Å². The van der Waals surface area contributed by atoms with Crippen LogP contribution in [0.2, 0.25) is 0 Å². The summed E-state index contributed by atoms with van der Waals surface area (Å²) in [7, 11) is 0. The van der Waals surface area contributed by atoms with Crippen molar-refractivity contribution in [3.05, 3.63) is 81.9 Å². The van der Waals surface area contributed by atoms with Gasteiger partial charge >= 0.3 is 0 Å². The Kier molecular flexibility index (Phi) is 5.73. The summed E-state index contributed by atoms with van der Waals surface area (Å²) in [6, 6.07) is 17.0. The van der Waals surface area contributed by atoms with Gasteiger partial charge in [-0.15, -0.1) is 12.4 Å². The Morgan fingerprint density at radius 1 is 0.963 bits per heavy atom. The van der Waals surface area contributed by atoms with Crippen LogP contribution >= 0.6 is 28.3 Å². The number of halogens is 2. The molecule has 2 N–H and O–H groups in total. The van der Waals surface area contributed by atoms with Crippen molar-refractivity contribution in [2.75, 3.05) is 5.32 Å². The molecule has 0 aliphatic heterocycles. The first-order valence-corrected chi connectivity index (χ1v) is 8.62. The quantitative estimate of drug-likeness (QED) is 0.460. The molecule has 0 bridgehead atoms. The Balaban J connectivity index is 0.00000210. The van der Waals surface area contributed by atoms with Gasteiger partial charge in [-0.25, -0.2) is 9.97 Å². The predicted molar refractivity (Wildman–Crippen MR) is 111 cm³/mol. The predicted octanol–water partition coefficient (Wildman–Crippen LogP) is 5.04. The SMILES string of the molecule is Cl.O=c1[nH]cc(Br)c2ncnc(Nc3ccc(Oc4ccccc4)cc3)c12. The molecule has 8 heteroatoms. The summed E-state index contributed by atoms with van der Waals surface area (Å²) >= 11 is 3.39. The number of anilines is 2. The van der Waals surface area contributed by atoms with E-state index in [0.29, 0.717) is 21.2 Å². The standard InChI is InChI=1S/C19H13BrN4O2.ClH/c20-15-10-21-19(25)16-17(15)22-11-23-18(16)24-12-6-8-14(9-7-12)26-13-4-2-1-3-5-13;/h1-11H,(H,21,25)(H,22,23,24);1H.